The van der Waals surface area contributed by atoms with Crippen LogP contribution in [0.4, 0.5) is 0 Å². The van der Waals surface area contributed by atoms with Gasteiger partial charge in [-0.3, -0.25) is 0 Å². The molecule has 0 amide bonds. The molecule has 6 nitrogen and oxygen atoms in total. The second kappa shape index (κ2) is 6.49. The van der Waals surface area contributed by atoms with Gasteiger partial charge in [0.1, 0.15) is 0 Å². The van der Waals surface area contributed by atoms with Gasteiger partial charge in [0, 0.05) is 26.2 Å². The molecule has 0 aromatic rings. The molecule has 19 heavy (non-hydrogen) atoms. The Bertz CT molecular complexity index is 374. The molecule has 0 bridgehead atoms. The Labute approximate surface area is 116 Å². The summed E-state index contributed by atoms with van der Waals surface area (Å²) in [5, 5.41) is 3.16. The van der Waals surface area contributed by atoms with Crippen molar-refractivity contribution in [1.29, 1.82) is 0 Å². The summed E-state index contributed by atoms with van der Waals surface area (Å²) in [6, 6.07) is 0.0463. The highest BCUT2D eigenvalue weighted by atomic mass is 32.2. The zero-order valence-corrected chi connectivity index (χ0v) is 12.6. The number of hydrogen-bond donors (Lipinski definition) is 2. The second-order valence-corrected chi connectivity index (χ2v) is 7.25. The van der Waals surface area contributed by atoms with Gasteiger partial charge in [0.05, 0.1) is 6.10 Å². The molecular formula is C12H25N3O3S. The fraction of sp³-hybridized carbons (Fsp3) is 1.00. The van der Waals surface area contributed by atoms with Gasteiger partial charge in [-0.1, -0.05) is 0 Å². The lowest BCUT2D eigenvalue weighted by molar-refractivity contribution is 0.0231. The van der Waals surface area contributed by atoms with E-state index in [9.17, 15) is 8.42 Å². The van der Waals surface area contributed by atoms with Crippen LogP contribution in [0.3, 0.4) is 0 Å². The minimum atomic E-state index is -3.31. The molecule has 2 rings (SSSR count). The quantitative estimate of drug-likeness (QED) is 0.719. The van der Waals surface area contributed by atoms with Crippen molar-refractivity contribution in [2.24, 2.45) is 5.92 Å². The Morgan fingerprint density at radius 2 is 1.89 bits per heavy atom. The molecule has 2 N–H and O–H groups in total. The maximum Gasteiger partial charge on any atom is 0.279 e. The molecule has 1 saturated heterocycles. The molecule has 0 unspecified atom stereocenters. The number of nitrogens with zero attached hydrogens (tertiary/aromatic N) is 1. The van der Waals surface area contributed by atoms with Crippen LogP contribution in [-0.4, -0.2) is 58.7 Å². The minimum absolute atomic E-state index is 0.0463. The molecule has 2 fully saturated rings. The molecule has 112 valence electrons. The highest BCUT2D eigenvalue weighted by molar-refractivity contribution is 7.87. The highest BCUT2D eigenvalue weighted by Gasteiger charge is 2.35. The number of hydrogen-bond acceptors (Lipinski definition) is 4. The summed E-state index contributed by atoms with van der Waals surface area (Å²) in [4.78, 5) is 0. The van der Waals surface area contributed by atoms with Crippen LogP contribution in [0, 0.1) is 5.92 Å². The van der Waals surface area contributed by atoms with Crippen LogP contribution in [0.1, 0.15) is 25.7 Å². The average Bonchev–Trinajstić information content (AvgIpc) is 2.34. The van der Waals surface area contributed by atoms with E-state index in [4.69, 9.17) is 4.74 Å². The molecule has 0 spiro atoms. The van der Waals surface area contributed by atoms with E-state index in [0.717, 1.165) is 32.2 Å². The Morgan fingerprint density at radius 1 is 1.26 bits per heavy atom. The van der Waals surface area contributed by atoms with Gasteiger partial charge in [0.2, 0.25) is 0 Å². The molecule has 0 aromatic carbocycles. The van der Waals surface area contributed by atoms with Crippen LogP contribution in [-0.2, 0) is 14.9 Å². The van der Waals surface area contributed by atoms with Crippen molar-refractivity contribution in [3.05, 3.63) is 0 Å². The standard InChI is InChI=1S/C12H25N3O3S/c1-13-9-10-3-5-15(6-4-10)19(16,17)14-11-7-12(8-11)18-2/h10-14H,3-9H2,1-2H3. The minimum Gasteiger partial charge on any atom is -0.381 e. The fourth-order valence-electron chi connectivity index (χ4n) is 2.78. The summed E-state index contributed by atoms with van der Waals surface area (Å²) in [6.45, 7) is 2.23. The van der Waals surface area contributed by atoms with Crippen molar-refractivity contribution in [3.8, 4) is 0 Å². The highest BCUT2D eigenvalue weighted by Crippen LogP contribution is 2.25. The van der Waals surface area contributed by atoms with E-state index in [2.05, 4.69) is 10.0 Å². The van der Waals surface area contributed by atoms with E-state index in [0.29, 0.717) is 19.0 Å². The van der Waals surface area contributed by atoms with Crippen LogP contribution < -0.4 is 10.0 Å². The number of methoxy groups -OCH3 is 1. The molecule has 1 aliphatic heterocycles. The summed E-state index contributed by atoms with van der Waals surface area (Å²) in [5.74, 6) is 0.595. The lowest BCUT2D eigenvalue weighted by Gasteiger charge is -2.37. The van der Waals surface area contributed by atoms with Gasteiger partial charge < -0.3 is 10.1 Å². The fourth-order valence-corrected chi connectivity index (χ4v) is 4.24. The van der Waals surface area contributed by atoms with E-state index in [1.807, 2.05) is 7.05 Å². The summed E-state index contributed by atoms with van der Waals surface area (Å²) in [5.41, 5.74) is 0. The number of piperidine rings is 1. The summed E-state index contributed by atoms with van der Waals surface area (Å²) in [6.07, 6.45) is 3.66. The van der Waals surface area contributed by atoms with Crippen LogP contribution >= 0.6 is 0 Å². The van der Waals surface area contributed by atoms with Gasteiger partial charge in [0.15, 0.2) is 0 Å². The molecule has 2 aliphatic rings. The third-order valence-corrected chi connectivity index (χ3v) is 5.83. The largest absolute Gasteiger partial charge is 0.381 e. The van der Waals surface area contributed by atoms with Gasteiger partial charge >= 0.3 is 0 Å². The van der Waals surface area contributed by atoms with Gasteiger partial charge in [0.25, 0.3) is 10.2 Å². The first-order valence-electron chi connectivity index (χ1n) is 7.00. The molecule has 7 heteroatoms. The zero-order chi connectivity index (χ0) is 13.9. The van der Waals surface area contributed by atoms with Crippen molar-refractivity contribution >= 4 is 10.2 Å². The Balaban J connectivity index is 1.78. The number of rotatable bonds is 6. The molecule has 1 saturated carbocycles. The van der Waals surface area contributed by atoms with E-state index < -0.39 is 10.2 Å². The first-order chi connectivity index (χ1) is 9.05. The Morgan fingerprint density at radius 3 is 2.42 bits per heavy atom. The van der Waals surface area contributed by atoms with Crippen molar-refractivity contribution in [2.75, 3.05) is 33.8 Å². The van der Waals surface area contributed by atoms with Crippen molar-refractivity contribution < 1.29 is 13.2 Å². The predicted octanol–water partition coefficient (Wildman–Crippen LogP) is -0.0704. The topological polar surface area (TPSA) is 70.7 Å². The molecule has 0 radical (unpaired) electrons. The van der Waals surface area contributed by atoms with E-state index in [-0.39, 0.29) is 12.1 Å². The molecule has 0 atom stereocenters. The SMILES string of the molecule is CNCC1CCN(S(=O)(=O)NC2CC(OC)C2)CC1. The van der Waals surface area contributed by atoms with Gasteiger partial charge in [-0.2, -0.15) is 17.4 Å². The first-order valence-corrected chi connectivity index (χ1v) is 8.44. The van der Waals surface area contributed by atoms with Gasteiger partial charge in [-0.15, -0.1) is 0 Å². The smallest absolute Gasteiger partial charge is 0.279 e. The van der Waals surface area contributed by atoms with E-state index in [1.54, 1.807) is 11.4 Å². The van der Waals surface area contributed by atoms with Crippen molar-refractivity contribution in [2.45, 2.75) is 37.8 Å². The Kier molecular flexibility index (Phi) is 5.19. The van der Waals surface area contributed by atoms with E-state index >= 15 is 0 Å². The monoisotopic (exact) mass is 291 g/mol. The van der Waals surface area contributed by atoms with Gasteiger partial charge in [-0.25, -0.2) is 0 Å². The lowest BCUT2D eigenvalue weighted by atomic mass is 9.90. The summed E-state index contributed by atoms with van der Waals surface area (Å²) < 4.78 is 33.9. The summed E-state index contributed by atoms with van der Waals surface area (Å²) >= 11 is 0. The van der Waals surface area contributed by atoms with Gasteiger partial charge in [-0.05, 0) is 45.2 Å². The first kappa shape index (κ1) is 15.2. The zero-order valence-electron chi connectivity index (χ0n) is 11.8. The van der Waals surface area contributed by atoms with Crippen LogP contribution in [0.5, 0.6) is 0 Å². The second-order valence-electron chi connectivity index (χ2n) is 5.55. The molecule has 1 heterocycles. The lowest BCUT2D eigenvalue weighted by Crippen LogP contribution is -2.53. The van der Waals surface area contributed by atoms with Crippen LogP contribution in [0.2, 0.25) is 0 Å². The number of ether oxygens (including phenoxy) is 1. The summed E-state index contributed by atoms with van der Waals surface area (Å²) in [7, 11) is 0.300. The third-order valence-electron chi connectivity index (χ3n) is 4.15. The normalized spacial score (nSPS) is 30.2. The molecule has 0 aromatic heterocycles. The van der Waals surface area contributed by atoms with E-state index in [1.165, 1.54) is 0 Å². The predicted molar refractivity (Wildman–Crippen MR) is 74.1 cm³/mol. The van der Waals surface area contributed by atoms with Crippen LogP contribution in [0.15, 0.2) is 0 Å². The van der Waals surface area contributed by atoms with Crippen molar-refractivity contribution in [1.82, 2.24) is 14.3 Å². The van der Waals surface area contributed by atoms with Crippen molar-refractivity contribution in [3.63, 3.8) is 0 Å². The molecule has 1 aliphatic carbocycles. The maximum absolute atomic E-state index is 12.2. The van der Waals surface area contributed by atoms with Crippen LogP contribution in [0.25, 0.3) is 0 Å². The third kappa shape index (κ3) is 3.88. The number of nitrogens with one attached hydrogen (secondary N) is 2. The maximum atomic E-state index is 12.2. The average molecular weight is 291 g/mol. The Hall–Kier alpha value is -0.210. The molecular weight excluding hydrogens is 266 g/mol.